The summed E-state index contributed by atoms with van der Waals surface area (Å²) in [5.41, 5.74) is -3.26. The lowest BCUT2D eigenvalue weighted by Gasteiger charge is -2.09. The molecule has 0 radical (unpaired) electrons. The highest BCUT2D eigenvalue weighted by atomic mass is 32.2. The molecule has 1 aromatic heterocycles. The third-order valence-corrected chi connectivity index (χ3v) is 3.42. The molecule has 1 rings (SSSR count). The number of hydrogen-bond acceptors (Lipinski definition) is 4. The lowest BCUT2D eigenvalue weighted by molar-refractivity contribution is -0.142. The first kappa shape index (κ1) is 17.2. The number of thiol groups is 1. The Bertz CT molecular complexity index is 482. The summed E-state index contributed by atoms with van der Waals surface area (Å²) in [7, 11) is 0. The summed E-state index contributed by atoms with van der Waals surface area (Å²) in [5, 5.41) is 4.01. The molecular weight excluding hydrogens is 330 g/mol. The standard InChI is InChI=1S/C9H8F6N2OS2/c10-8(11,12)5-4(6(18)9(13,14)15)7(17-16-5)20-3-1-2-19/h19H,1-3H2,(H,16,17). The molecule has 114 valence electrons. The molecule has 11 heteroatoms. The van der Waals surface area contributed by atoms with Crippen molar-refractivity contribution < 1.29 is 31.1 Å². The number of hydrogen-bond donors (Lipinski definition) is 2. The molecule has 1 aromatic rings. The Balaban J connectivity index is 3.20. The van der Waals surface area contributed by atoms with Crippen molar-refractivity contribution in [3.63, 3.8) is 0 Å². The minimum atomic E-state index is -5.40. The Morgan fingerprint density at radius 2 is 1.85 bits per heavy atom. The summed E-state index contributed by atoms with van der Waals surface area (Å²) in [4.78, 5) is 11.1. The van der Waals surface area contributed by atoms with Gasteiger partial charge in [0.15, 0.2) is 5.69 Å². The molecule has 0 aliphatic carbocycles. The molecule has 0 fully saturated rings. The number of carbonyl (C=O) groups excluding carboxylic acids is 1. The van der Waals surface area contributed by atoms with Crippen molar-refractivity contribution in [3.8, 4) is 0 Å². The summed E-state index contributed by atoms with van der Waals surface area (Å²) >= 11 is 4.50. The molecule has 1 N–H and O–H groups in total. The van der Waals surface area contributed by atoms with Crippen molar-refractivity contribution in [3.05, 3.63) is 11.3 Å². The normalized spacial score (nSPS) is 12.8. The summed E-state index contributed by atoms with van der Waals surface area (Å²) in [6, 6.07) is 0. The Morgan fingerprint density at radius 1 is 1.25 bits per heavy atom. The second kappa shape index (κ2) is 6.29. The van der Waals surface area contributed by atoms with E-state index in [9.17, 15) is 31.1 Å². The van der Waals surface area contributed by atoms with Crippen LogP contribution in [-0.2, 0) is 6.18 Å². The van der Waals surface area contributed by atoms with Crippen molar-refractivity contribution in [1.29, 1.82) is 0 Å². The van der Waals surface area contributed by atoms with E-state index in [1.165, 1.54) is 5.10 Å². The van der Waals surface area contributed by atoms with E-state index >= 15 is 0 Å². The highest BCUT2D eigenvalue weighted by Gasteiger charge is 2.48. The number of rotatable bonds is 5. The summed E-state index contributed by atoms with van der Waals surface area (Å²) in [6.07, 6.45) is -10.1. The minimum Gasteiger partial charge on any atom is -0.284 e. The van der Waals surface area contributed by atoms with Crippen LogP contribution in [0.15, 0.2) is 5.03 Å². The first-order chi connectivity index (χ1) is 9.09. The molecule has 3 nitrogen and oxygen atoms in total. The van der Waals surface area contributed by atoms with Gasteiger partial charge in [-0.25, -0.2) is 0 Å². The van der Waals surface area contributed by atoms with Crippen LogP contribution in [0.5, 0.6) is 0 Å². The maximum atomic E-state index is 12.6. The molecule has 0 aliphatic heterocycles. The molecule has 0 unspecified atom stereocenters. The predicted octanol–water partition coefficient (Wildman–Crippen LogP) is 3.59. The van der Waals surface area contributed by atoms with Crippen LogP contribution in [0.4, 0.5) is 26.3 Å². The number of halogens is 6. The molecule has 0 bridgehead atoms. The van der Waals surface area contributed by atoms with E-state index in [1.807, 2.05) is 0 Å². The molecule has 0 amide bonds. The maximum Gasteiger partial charge on any atom is 0.455 e. The van der Waals surface area contributed by atoms with Crippen LogP contribution in [0, 0.1) is 0 Å². The summed E-state index contributed by atoms with van der Waals surface area (Å²) < 4.78 is 74.9. The number of nitrogens with zero attached hydrogens (tertiary/aromatic N) is 1. The Morgan fingerprint density at radius 3 is 2.30 bits per heavy atom. The van der Waals surface area contributed by atoms with Crippen molar-refractivity contribution in [1.82, 2.24) is 10.2 Å². The third-order valence-electron chi connectivity index (χ3n) is 2.04. The van der Waals surface area contributed by atoms with E-state index in [1.54, 1.807) is 0 Å². The van der Waals surface area contributed by atoms with Crippen LogP contribution in [-0.4, -0.2) is 33.7 Å². The number of aromatic nitrogens is 2. The Hall–Kier alpha value is -0.840. The van der Waals surface area contributed by atoms with Gasteiger partial charge in [0.05, 0.1) is 5.56 Å². The average molecular weight is 338 g/mol. The van der Waals surface area contributed by atoms with Crippen molar-refractivity contribution >= 4 is 30.2 Å². The monoisotopic (exact) mass is 338 g/mol. The maximum absolute atomic E-state index is 12.6. The van der Waals surface area contributed by atoms with Crippen LogP contribution in [0.2, 0.25) is 0 Å². The van der Waals surface area contributed by atoms with Crippen LogP contribution in [0.25, 0.3) is 0 Å². The first-order valence-corrected chi connectivity index (χ1v) is 6.71. The lowest BCUT2D eigenvalue weighted by Crippen LogP contribution is -2.26. The number of thioether (sulfide) groups is 1. The Labute approximate surface area is 118 Å². The highest BCUT2D eigenvalue weighted by Crippen LogP contribution is 2.37. The van der Waals surface area contributed by atoms with Gasteiger partial charge in [-0.05, 0) is 12.2 Å². The molecule has 0 saturated carbocycles. The second-order valence-electron chi connectivity index (χ2n) is 3.53. The zero-order valence-electron chi connectivity index (χ0n) is 9.60. The summed E-state index contributed by atoms with van der Waals surface area (Å²) in [5.74, 6) is -1.96. The smallest absolute Gasteiger partial charge is 0.284 e. The fourth-order valence-corrected chi connectivity index (χ4v) is 2.52. The largest absolute Gasteiger partial charge is 0.455 e. The number of Topliss-reactive ketones (excluding diaryl/α,β-unsaturated/α-hetero) is 1. The van der Waals surface area contributed by atoms with E-state index in [2.05, 4.69) is 17.7 Å². The van der Waals surface area contributed by atoms with Gasteiger partial charge in [-0.1, -0.05) is 0 Å². The Kier molecular flexibility index (Phi) is 5.41. The number of aromatic amines is 1. The molecule has 0 atom stereocenters. The van der Waals surface area contributed by atoms with Crippen LogP contribution in [0.1, 0.15) is 22.5 Å². The molecule has 0 aliphatic rings. The average Bonchev–Trinajstić information content (AvgIpc) is 2.70. The van der Waals surface area contributed by atoms with Gasteiger partial charge in [-0.3, -0.25) is 9.89 Å². The predicted molar refractivity (Wildman–Crippen MR) is 63.2 cm³/mol. The minimum absolute atomic E-state index is 0.198. The van der Waals surface area contributed by atoms with Gasteiger partial charge in [0.2, 0.25) is 0 Å². The first-order valence-electron chi connectivity index (χ1n) is 5.09. The number of nitrogens with one attached hydrogen (secondary N) is 1. The van der Waals surface area contributed by atoms with E-state index < -0.39 is 34.4 Å². The zero-order valence-corrected chi connectivity index (χ0v) is 11.3. The van der Waals surface area contributed by atoms with Gasteiger partial charge >= 0.3 is 12.4 Å². The van der Waals surface area contributed by atoms with Gasteiger partial charge in [-0.2, -0.15) is 44.1 Å². The van der Waals surface area contributed by atoms with E-state index in [4.69, 9.17) is 0 Å². The van der Waals surface area contributed by atoms with Crippen LogP contribution in [0.3, 0.4) is 0 Å². The van der Waals surface area contributed by atoms with Gasteiger partial charge < -0.3 is 0 Å². The zero-order chi connectivity index (χ0) is 15.6. The third kappa shape index (κ3) is 4.08. The SMILES string of the molecule is O=C(c1c(SCCCS)n[nH]c1C(F)(F)F)C(F)(F)F. The summed E-state index contributed by atoms with van der Waals surface area (Å²) in [6.45, 7) is 0. The van der Waals surface area contributed by atoms with E-state index in [0.29, 0.717) is 23.9 Å². The highest BCUT2D eigenvalue weighted by molar-refractivity contribution is 7.99. The van der Waals surface area contributed by atoms with Gasteiger partial charge in [0.1, 0.15) is 5.03 Å². The quantitative estimate of drug-likeness (QED) is 0.284. The molecule has 0 saturated heterocycles. The fourth-order valence-electron chi connectivity index (χ4n) is 1.22. The molecule has 1 heterocycles. The topological polar surface area (TPSA) is 45.8 Å². The number of H-pyrrole nitrogens is 1. The van der Waals surface area contributed by atoms with Gasteiger partial charge in [-0.15, -0.1) is 11.8 Å². The van der Waals surface area contributed by atoms with E-state index in [0.717, 1.165) is 0 Å². The molecular formula is C9H8F6N2OS2. The molecule has 0 spiro atoms. The number of carbonyl (C=O) groups is 1. The molecule has 20 heavy (non-hydrogen) atoms. The molecule has 0 aromatic carbocycles. The number of alkyl halides is 6. The second-order valence-corrected chi connectivity index (χ2v) is 5.06. The lowest BCUT2D eigenvalue weighted by atomic mass is 10.1. The number of ketones is 1. The van der Waals surface area contributed by atoms with Crippen molar-refractivity contribution in [2.45, 2.75) is 23.8 Å². The van der Waals surface area contributed by atoms with Crippen molar-refractivity contribution in [2.24, 2.45) is 0 Å². The van der Waals surface area contributed by atoms with Gasteiger partial charge in [0.25, 0.3) is 5.78 Å². The fraction of sp³-hybridized carbons (Fsp3) is 0.556. The van der Waals surface area contributed by atoms with Crippen LogP contribution < -0.4 is 0 Å². The van der Waals surface area contributed by atoms with E-state index in [-0.39, 0.29) is 5.75 Å². The van der Waals surface area contributed by atoms with Crippen molar-refractivity contribution in [2.75, 3.05) is 11.5 Å². The van der Waals surface area contributed by atoms with Gasteiger partial charge in [0, 0.05) is 5.75 Å². The van der Waals surface area contributed by atoms with Crippen LogP contribution >= 0.6 is 24.4 Å².